The number of rotatable bonds is 8. The first-order valence-electron chi connectivity index (χ1n) is 21.6. The van der Waals surface area contributed by atoms with Crippen LogP contribution in [-0.4, -0.2) is 51.9 Å². The van der Waals surface area contributed by atoms with Crippen molar-refractivity contribution in [3.8, 4) is 5.75 Å². The quantitative estimate of drug-likeness (QED) is 0.152. The smallest absolute Gasteiger partial charge is 0.330 e. The molecule has 0 unspecified atom stereocenters. The summed E-state index contributed by atoms with van der Waals surface area (Å²) in [4.78, 5) is 32.0. The lowest BCUT2D eigenvalue weighted by Crippen LogP contribution is -2.54. The number of benzene rings is 5. The predicted octanol–water partition coefficient (Wildman–Crippen LogP) is 14.0. The Hall–Kier alpha value is -5.09. The standard InChI is InChI=1S/C24H32N4O3.C17H22S.C12H10S/c1-16-25-14-17-15-27(18-9-11-20(30-5)12-10-18)23(29)28(22(17)26-16)19-7-6-8-21(13-19)31-24(2,3)4;1-17(2,3)18(4,15-11-7-5-8-12-15)16-13-9-6-10-14-16;1-3-7-11(8-4-1)13-12-9-5-2-6-10-12/h9-12,14,19,21H,6-8,13,15H2,1-5H3;5-14H,1-4H3;1-10H/t19-,21+;;/m0../s1. The molecule has 0 bridgehead atoms. The number of nitrogens with zero attached hydrogens (tertiary/aromatic N) is 4. The van der Waals surface area contributed by atoms with E-state index in [2.05, 4.69) is 167 Å². The van der Waals surface area contributed by atoms with Crippen molar-refractivity contribution in [1.82, 2.24) is 9.97 Å². The number of urea groups is 1. The fraction of sp³-hybridized carbons (Fsp3) is 0.340. The minimum atomic E-state index is -1.01. The number of anilines is 2. The first-order valence-corrected chi connectivity index (χ1v) is 24.4. The minimum Gasteiger partial charge on any atom is -0.497 e. The molecule has 8 rings (SSSR count). The molecule has 5 aromatic carbocycles. The molecule has 2 amide bonds. The van der Waals surface area contributed by atoms with Gasteiger partial charge in [0.15, 0.2) is 0 Å². The third-order valence-corrected chi connectivity index (χ3v) is 17.1. The number of fused-ring (bicyclic) bond motifs is 1. The SMILES string of the molecule is CC(C)(C)S(C)(c1ccccc1)c1ccccc1.COc1ccc(N2Cc3cnc(C)nc3N([C@H]3CCC[C@@H](OC(C)(C)C)C3)C2=O)cc1.c1ccc(Sc2ccccc2)cc1. The molecule has 62 heavy (non-hydrogen) atoms. The summed E-state index contributed by atoms with van der Waals surface area (Å²) in [6.07, 6.45) is 8.20. The fourth-order valence-corrected chi connectivity index (χ4v) is 11.8. The van der Waals surface area contributed by atoms with E-state index in [0.29, 0.717) is 12.4 Å². The van der Waals surface area contributed by atoms with Crippen molar-refractivity contribution in [1.29, 1.82) is 0 Å². The van der Waals surface area contributed by atoms with Gasteiger partial charge < -0.3 is 9.47 Å². The van der Waals surface area contributed by atoms with E-state index < -0.39 is 10.0 Å². The summed E-state index contributed by atoms with van der Waals surface area (Å²) in [6.45, 7) is 15.6. The van der Waals surface area contributed by atoms with Crippen LogP contribution in [0.25, 0.3) is 0 Å². The molecule has 1 aliphatic heterocycles. The van der Waals surface area contributed by atoms with Crippen molar-refractivity contribution < 1.29 is 14.3 Å². The summed E-state index contributed by atoms with van der Waals surface area (Å²) < 4.78 is 11.8. The van der Waals surface area contributed by atoms with Crippen molar-refractivity contribution in [2.75, 3.05) is 23.2 Å². The zero-order chi connectivity index (χ0) is 44.3. The molecule has 0 radical (unpaired) electrons. The number of aromatic nitrogens is 2. The summed E-state index contributed by atoms with van der Waals surface area (Å²) >= 11 is 1.79. The summed E-state index contributed by atoms with van der Waals surface area (Å²) in [6, 6.07) is 50.3. The fourth-order valence-electron chi connectivity index (χ4n) is 7.86. The lowest BCUT2D eigenvalue weighted by atomic mass is 9.90. The molecule has 9 heteroatoms. The van der Waals surface area contributed by atoms with E-state index in [4.69, 9.17) is 9.47 Å². The molecule has 0 saturated heterocycles. The molecule has 0 spiro atoms. The highest BCUT2D eigenvalue weighted by Crippen LogP contribution is 2.67. The molecule has 2 aliphatic rings. The number of carbonyl (C=O) groups is 1. The average molecular weight is 869 g/mol. The molecule has 326 valence electrons. The van der Waals surface area contributed by atoms with Crippen LogP contribution >= 0.6 is 21.8 Å². The maximum absolute atomic E-state index is 13.8. The molecular weight excluding hydrogens is 805 g/mol. The number of methoxy groups -OCH3 is 1. The summed E-state index contributed by atoms with van der Waals surface area (Å²) in [5.41, 5.74) is 1.59. The van der Waals surface area contributed by atoms with Crippen LogP contribution < -0.4 is 14.5 Å². The maximum atomic E-state index is 13.8. The van der Waals surface area contributed by atoms with E-state index in [1.54, 1.807) is 23.8 Å². The minimum absolute atomic E-state index is 0.0442. The van der Waals surface area contributed by atoms with E-state index >= 15 is 0 Å². The highest BCUT2D eigenvalue weighted by Gasteiger charge is 2.40. The van der Waals surface area contributed by atoms with Gasteiger partial charge in [-0.3, -0.25) is 9.80 Å². The Labute approximate surface area is 376 Å². The third-order valence-electron chi connectivity index (χ3n) is 11.2. The second-order valence-corrected chi connectivity index (χ2v) is 22.9. The zero-order valence-corrected chi connectivity index (χ0v) is 39.6. The van der Waals surface area contributed by atoms with Crippen molar-refractivity contribution in [2.24, 2.45) is 0 Å². The second-order valence-electron chi connectivity index (χ2n) is 17.8. The maximum Gasteiger partial charge on any atom is 0.330 e. The first-order chi connectivity index (χ1) is 29.7. The van der Waals surface area contributed by atoms with Gasteiger partial charge in [-0.25, -0.2) is 14.8 Å². The van der Waals surface area contributed by atoms with Gasteiger partial charge in [0, 0.05) is 33.3 Å². The van der Waals surface area contributed by atoms with Crippen molar-refractivity contribution in [2.45, 2.75) is 123 Å². The summed E-state index contributed by atoms with van der Waals surface area (Å²) in [7, 11) is 0.624. The Balaban J connectivity index is 0.000000174. The van der Waals surface area contributed by atoms with E-state index in [-0.39, 0.29) is 28.5 Å². The van der Waals surface area contributed by atoms with Crippen molar-refractivity contribution in [3.63, 3.8) is 0 Å². The van der Waals surface area contributed by atoms with Gasteiger partial charge in [0.05, 0.1) is 25.4 Å². The van der Waals surface area contributed by atoms with Crippen LogP contribution in [0.15, 0.2) is 171 Å². The molecule has 1 aromatic heterocycles. The number of amides is 2. The van der Waals surface area contributed by atoms with Gasteiger partial charge in [0.25, 0.3) is 0 Å². The number of carbonyl (C=O) groups excluding carboxylic acids is 1. The van der Waals surface area contributed by atoms with Gasteiger partial charge in [-0.1, -0.05) is 105 Å². The van der Waals surface area contributed by atoms with Crippen LogP contribution in [0.1, 0.15) is 78.6 Å². The molecule has 2 atom stereocenters. The Bertz CT molecular complexity index is 2220. The lowest BCUT2D eigenvalue weighted by molar-refractivity contribution is -0.0757. The van der Waals surface area contributed by atoms with E-state index in [9.17, 15) is 4.79 Å². The first kappa shape index (κ1) is 46.4. The molecule has 0 N–H and O–H groups in total. The third kappa shape index (κ3) is 11.9. The second kappa shape index (κ2) is 20.9. The summed E-state index contributed by atoms with van der Waals surface area (Å²) in [5, 5.41) is 0. The molecule has 6 aromatic rings. The summed E-state index contributed by atoms with van der Waals surface area (Å²) in [5.74, 6) is 2.18. The van der Waals surface area contributed by atoms with Crippen LogP contribution in [0.3, 0.4) is 0 Å². The molecule has 7 nitrogen and oxygen atoms in total. The number of aryl methyl sites for hydroxylation is 1. The predicted molar refractivity (Wildman–Crippen MR) is 260 cm³/mol. The lowest BCUT2D eigenvalue weighted by Gasteiger charge is -2.48. The van der Waals surface area contributed by atoms with E-state index in [1.807, 2.05) is 54.4 Å². The van der Waals surface area contributed by atoms with Gasteiger partial charge >= 0.3 is 6.03 Å². The molecule has 1 aliphatic carbocycles. The Kier molecular flexibility index (Phi) is 15.6. The monoisotopic (exact) mass is 868 g/mol. The Morgan fingerprint density at radius 3 is 1.71 bits per heavy atom. The van der Waals surface area contributed by atoms with Crippen molar-refractivity contribution in [3.05, 3.63) is 163 Å². The van der Waals surface area contributed by atoms with Crippen LogP contribution in [0.4, 0.5) is 16.3 Å². The van der Waals surface area contributed by atoms with Gasteiger partial charge in [-0.2, -0.15) is 10.0 Å². The van der Waals surface area contributed by atoms with Crippen LogP contribution in [0.2, 0.25) is 0 Å². The molecule has 1 fully saturated rings. The van der Waals surface area contributed by atoms with Gasteiger partial charge in [0.2, 0.25) is 0 Å². The van der Waals surface area contributed by atoms with E-state index in [0.717, 1.165) is 48.5 Å². The largest absolute Gasteiger partial charge is 0.497 e. The Morgan fingerprint density at radius 1 is 0.710 bits per heavy atom. The molecule has 2 heterocycles. The zero-order valence-electron chi connectivity index (χ0n) is 38.0. The number of hydrogen-bond acceptors (Lipinski definition) is 6. The van der Waals surface area contributed by atoms with Crippen LogP contribution in [0, 0.1) is 6.92 Å². The van der Waals surface area contributed by atoms with Gasteiger partial charge in [-0.05, 0) is 147 Å². The van der Waals surface area contributed by atoms with Gasteiger partial charge in [0.1, 0.15) is 17.4 Å². The molecule has 1 saturated carbocycles. The van der Waals surface area contributed by atoms with Crippen molar-refractivity contribution >= 4 is 39.3 Å². The number of hydrogen-bond donors (Lipinski definition) is 0. The van der Waals surface area contributed by atoms with E-state index in [1.165, 1.54) is 19.6 Å². The van der Waals surface area contributed by atoms with Crippen LogP contribution in [-0.2, 0) is 11.3 Å². The molecular formula is C53H64N4O3S2. The van der Waals surface area contributed by atoms with Gasteiger partial charge in [-0.15, -0.1) is 0 Å². The normalized spacial score (nSPS) is 16.8. The highest BCUT2D eigenvalue weighted by atomic mass is 32.3. The topological polar surface area (TPSA) is 67.8 Å². The average Bonchev–Trinajstić information content (AvgIpc) is 3.27. The highest BCUT2D eigenvalue weighted by molar-refractivity contribution is 8.34. The number of ether oxygens (including phenoxy) is 2. The van der Waals surface area contributed by atoms with Crippen LogP contribution in [0.5, 0.6) is 5.75 Å². The Morgan fingerprint density at radius 2 is 1.23 bits per heavy atom.